The van der Waals surface area contributed by atoms with Crippen molar-refractivity contribution in [2.75, 3.05) is 5.73 Å². The number of rotatable bonds is 1. The van der Waals surface area contributed by atoms with Crippen molar-refractivity contribution in [3.05, 3.63) is 23.8 Å². The molecule has 64 valence electrons. The van der Waals surface area contributed by atoms with Crippen molar-refractivity contribution in [2.24, 2.45) is 0 Å². The first-order valence-corrected chi connectivity index (χ1v) is 2.93. The van der Waals surface area contributed by atoms with Gasteiger partial charge in [-0.15, -0.1) is 0 Å². The van der Waals surface area contributed by atoms with Crippen LogP contribution in [0.2, 0.25) is 0 Å². The average molecular weight is 183 g/mol. The van der Waals surface area contributed by atoms with Gasteiger partial charge >= 0.3 is 5.97 Å². The van der Waals surface area contributed by atoms with Crippen LogP contribution in [0.3, 0.4) is 0 Å². The van der Waals surface area contributed by atoms with E-state index in [9.17, 15) is 4.79 Å². The number of benzene rings is 1. The molecule has 0 saturated carbocycles. The minimum atomic E-state index is -1.16. The van der Waals surface area contributed by atoms with Gasteiger partial charge in [0, 0.05) is 11.8 Å². The second kappa shape index (κ2) is 4.00. The third kappa shape index (κ3) is 2.16. The molecule has 1 rings (SSSR count). The molecule has 1 aromatic carbocycles. The number of nitrogen functional groups attached to an aromatic ring is 1. The molecule has 0 radical (unpaired) electrons. The number of anilines is 1. The third-order valence-corrected chi connectivity index (χ3v) is 1.25. The van der Waals surface area contributed by atoms with Crippen molar-refractivity contribution < 1.29 is 15.0 Å². The molecule has 0 aliphatic heterocycles. The molecular formula is C7H10AlNO3. The van der Waals surface area contributed by atoms with E-state index in [-0.39, 0.29) is 28.7 Å². The monoisotopic (exact) mass is 183 g/mol. The maximum absolute atomic E-state index is 10.3. The summed E-state index contributed by atoms with van der Waals surface area (Å²) in [6.45, 7) is 0. The SMILES string of the molecule is Nc1ccc(C(=O)O)c(O)c1.[AlH3]. The smallest absolute Gasteiger partial charge is 0.339 e. The van der Waals surface area contributed by atoms with Gasteiger partial charge in [0.05, 0.1) is 0 Å². The summed E-state index contributed by atoms with van der Waals surface area (Å²) in [5, 5.41) is 17.5. The Morgan fingerprint density at radius 1 is 1.42 bits per heavy atom. The van der Waals surface area contributed by atoms with Crippen molar-refractivity contribution in [1.82, 2.24) is 0 Å². The summed E-state index contributed by atoms with van der Waals surface area (Å²) in [5.74, 6) is -1.47. The number of nitrogens with two attached hydrogens (primary N) is 1. The van der Waals surface area contributed by atoms with Crippen LogP contribution in [0.15, 0.2) is 18.2 Å². The molecule has 12 heavy (non-hydrogen) atoms. The fourth-order valence-corrected chi connectivity index (χ4v) is 0.730. The topological polar surface area (TPSA) is 83.6 Å². The van der Waals surface area contributed by atoms with E-state index < -0.39 is 5.97 Å². The number of phenols is 1. The summed E-state index contributed by atoms with van der Waals surface area (Å²) in [6.07, 6.45) is 0. The Labute approximate surface area is 79.8 Å². The summed E-state index contributed by atoms with van der Waals surface area (Å²) in [5.41, 5.74) is 5.48. The van der Waals surface area contributed by atoms with E-state index >= 15 is 0 Å². The normalized spacial score (nSPS) is 8.67. The summed E-state index contributed by atoms with van der Waals surface area (Å²) < 4.78 is 0. The Hall–Kier alpha value is -1.18. The molecule has 4 N–H and O–H groups in total. The number of aromatic hydroxyl groups is 1. The van der Waals surface area contributed by atoms with Crippen molar-refractivity contribution in [3.8, 4) is 5.75 Å². The highest BCUT2D eigenvalue weighted by atomic mass is 27.0. The fraction of sp³-hybridized carbons (Fsp3) is 0. The first kappa shape index (κ1) is 10.8. The van der Waals surface area contributed by atoms with Gasteiger partial charge < -0.3 is 15.9 Å². The molecule has 0 fully saturated rings. The molecular weight excluding hydrogens is 173 g/mol. The summed E-state index contributed by atoms with van der Waals surface area (Å²) in [7, 11) is 0. The highest BCUT2D eigenvalue weighted by Gasteiger charge is 2.07. The lowest BCUT2D eigenvalue weighted by Crippen LogP contribution is -1.97. The molecule has 0 spiro atoms. The third-order valence-electron chi connectivity index (χ3n) is 1.25. The Kier molecular flexibility index (Phi) is 3.61. The van der Waals surface area contributed by atoms with Gasteiger partial charge in [-0.05, 0) is 12.1 Å². The van der Waals surface area contributed by atoms with Gasteiger partial charge in [0.25, 0.3) is 0 Å². The first-order valence-electron chi connectivity index (χ1n) is 2.93. The number of carboxylic acids is 1. The molecule has 0 saturated heterocycles. The quantitative estimate of drug-likeness (QED) is 0.404. The van der Waals surface area contributed by atoms with Crippen LogP contribution in [0.1, 0.15) is 10.4 Å². The molecule has 0 aliphatic carbocycles. The predicted octanol–water partition coefficient (Wildman–Crippen LogP) is -0.511. The molecule has 0 aromatic heterocycles. The van der Waals surface area contributed by atoms with Gasteiger partial charge in [0.15, 0.2) is 17.4 Å². The number of hydrogen-bond acceptors (Lipinski definition) is 3. The van der Waals surface area contributed by atoms with E-state index in [1.807, 2.05) is 0 Å². The van der Waals surface area contributed by atoms with Crippen LogP contribution < -0.4 is 5.73 Å². The van der Waals surface area contributed by atoms with Crippen molar-refractivity contribution in [1.29, 1.82) is 0 Å². The van der Waals surface area contributed by atoms with Crippen LogP contribution in [-0.4, -0.2) is 33.5 Å². The molecule has 0 bridgehead atoms. The zero-order chi connectivity index (χ0) is 8.43. The van der Waals surface area contributed by atoms with Crippen LogP contribution >= 0.6 is 0 Å². The lowest BCUT2D eigenvalue weighted by atomic mass is 10.2. The van der Waals surface area contributed by atoms with Crippen LogP contribution in [0.25, 0.3) is 0 Å². The largest absolute Gasteiger partial charge is 0.507 e. The molecule has 1 aromatic rings. The second-order valence-corrected chi connectivity index (χ2v) is 2.08. The highest BCUT2D eigenvalue weighted by molar-refractivity contribution is 5.91. The van der Waals surface area contributed by atoms with Crippen LogP contribution in [0.5, 0.6) is 5.75 Å². The van der Waals surface area contributed by atoms with Gasteiger partial charge in [-0.25, -0.2) is 4.79 Å². The van der Waals surface area contributed by atoms with E-state index in [4.69, 9.17) is 15.9 Å². The van der Waals surface area contributed by atoms with Crippen molar-refractivity contribution in [3.63, 3.8) is 0 Å². The summed E-state index contributed by atoms with van der Waals surface area (Å²) >= 11 is 0. The van der Waals surface area contributed by atoms with Crippen LogP contribution in [-0.2, 0) is 0 Å². The molecule has 0 amide bonds. The van der Waals surface area contributed by atoms with Crippen LogP contribution in [0, 0.1) is 0 Å². The molecule has 0 heterocycles. The molecule has 0 atom stereocenters. The number of hydrogen-bond donors (Lipinski definition) is 3. The Morgan fingerprint density at radius 3 is 2.42 bits per heavy atom. The average Bonchev–Trinajstić information content (AvgIpc) is 1.85. The zero-order valence-electron chi connectivity index (χ0n) is 5.61. The van der Waals surface area contributed by atoms with Gasteiger partial charge in [-0.1, -0.05) is 0 Å². The van der Waals surface area contributed by atoms with Crippen molar-refractivity contribution >= 4 is 29.0 Å². The van der Waals surface area contributed by atoms with E-state index in [1.54, 1.807) is 0 Å². The minimum Gasteiger partial charge on any atom is -0.507 e. The highest BCUT2D eigenvalue weighted by Crippen LogP contribution is 2.19. The van der Waals surface area contributed by atoms with Crippen LogP contribution in [0.4, 0.5) is 5.69 Å². The van der Waals surface area contributed by atoms with Gasteiger partial charge in [0.1, 0.15) is 11.3 Å². The standard InChI is InChI=1S/C7H7NO3.Al.3H/c8-4-1-2-5(7(10)11)6(9)3-4;;;;/h1-3,9H,8H2,(H,10,11);;;;. The maximum atomic E-state index is 10.3. The number of carbonyl (C=O) groups is 1. The predicted molar refractivity (Wildman–Crippen MR) is 49.4 cm³/mol. The molecule has 0 aliphatic rings. The lowest BCUT2D eigenvalue weighted by Gasteiger charge is -1.98. The maximum Gasteiger partial charge on any atom is 0.339 e. The fourth-order valence-electron chi connectivity index (χ4n) is 0.730. The van der Waals surface area contributed by atoms with Gasteiger partial charge in [0.2, 0.25) is 0 Å². The van der Waals surface area contributed by atoms with Crippen molar-refractivity contribution in [2.45, 2.75) is 0 Å². The van der Waals surface area contributed by atoms with E-state index in [0.717, 1.165) is 0 Å². The molecule has 0 unspecified atom stereocenters. The number of carboxylic acid groups (broad SMARTS) is 1. The molecule has 5 heteroatoms. The van der Waals surface area contributed by atoms with Gasteiger partial charge in [-0.3, -0.25) is 0 Å². The first-order chi connectivity index (χ1) is 5.11. The second-order valence-electron chi connectivity index (χ2n) is 2.08. The van der Waals surface area contributed by atoms with Gasteiger partial charge in [-0.2, -0.15) is 0 Å². The Balaban J connectivity index is 0.00000121. The van der Waals surface area contributed by atoms with E-state index in [2.05, 4.69) is 0 Å². The zero-order valence-corrected chi connectivity index (χ0v) is 5.61. The lowest BCUT2D eigenvalue weighted by molar-refractivity contribution is 0.0694. The molecule has 4 nitrogen and oxygen atoms in total. The summed E-state index contributed by atoms with van der Waals surface area (Å²) in [4.78, 5) is 10.3. The Morgan fingerprint density at radius 2 is 2.00 bits per heavy atom. The summed E-state index contributed by atoms with van der Waals surface area (Å²) in [6, 6.07) is 3.87. The number of aromatic carboxylic acids is 1. The van der Waals surface area contributed by atoms with E-state index in [1.165, 1.54) is 18.2 Å². The Bertz CT molecular complexity index is 301. The minimum absolute atomic E-state index is 0. The van der Waals surface area contributed by atoms with E-state index in [0.29, 0.717) is 5.69 Å².